The van der Waals surface area contributed by atoms with Crippen molar-refractivity contribution in [3.05, 3.63) is 49.9 Å². The average molecular weight is 152 g/mol. The second-order valence-corrected chi connectivity index (χ2v) is 1.87. The van der Waals surface area contributed by atoms with E-state index in [2.05, 4.69) is 22.6 Å². The van der Waals surface area contributed by atoms with Crippen molar-refractivity contribution in [3.63, 3.8) is 0 Å². The van der Waals surface area contributed by atoms with Gasteiger partial charge in [0.05, 0.1) is 0 Å². The van der Waals surface area contributed by atoms with E-state index in [-0.39, 0.29) is 0 Å². The highest BCUT2D eigenvalue weighted by molar-refractivity contribution is 5.05. The van der Waals surface area contributed by atoms with Crippen LogP contribution in [0.1, 0.15) is 6.92 Å². The first-order valence-corrected chi connectivity index (χ1v) is 3.16. The van der Waals surface area contributed by atoms with Gasteiger partial charge in [-0.15, -0.1) is 0 Å². The number of hydrogen-bond donors (Lipinski definition) is 0. The van der Waals surface area contributed by atoms with E-state index in [0.29, 0.717) is 0 Å². The molecule has 0 unspecified atom stereocenters. The van der Waals surface area contributed by atoms with Crippen LogP contribution in [0, 0.1) is 0 Å². The molecule has 0 bridgehead atoms. The van der Waals surface area contributed by atoms with E-state index in [9.17, 15) is 0 Å². The van der Waals surface area contributed by atoms with Crippen molar-refractivity contribution in [3.8, 4) is 0 Å². The lowest BCUT2D eigenvalue weighted by Gasteiger charge is -1.94. The van der Waals surface area contributed by atoms with Gasteiger partial charge in [-0.2, -0.15) is 0 Å². The van der Waals surface area contributed by atoms with Gasteiger partial charge in [-0.05, 0) is 6.92 Å². The summed E-state index contributed by atoms with van der Waals surface area (Å²) >= 11 is 0. The molecule has 0 radical (unpaired) electrons. The van der Waals surface area contributed by atoms with Crippen LogP contribution in [-0.2, 0) is 9.47 Å². The Labute approximate surface area is 67.1 Å². The number of ether oxygens (including phenoxy) is 2. The van der Waals surface area contributed by atoms with Gasteiger partial charge in [-0.1, -0.05) is 24.8 Å². The highest BCUT2D eigenvalue weighted by atomic mass is 16.5. The van der Waals surface area contributed by atoms with Crippen LogP contribution in [0.5, 0.6) is 0 Å². The first-order chi connectivity index (χ1) is 5.27. The maximum atomic E-state index is 4.58. The number of allylic oxidation sites excluding steroid dienone is 2. The Balaban J connectivity index is 0.000000187. The first-order valence-electron chi connectivity index (χ1n) is 3.16. The third-order valence-corrected chi connectivity index (χ3v) is 0.774. The van der Waals surface area contributed by atoms with Crippen molar-refractivity contribution in [2.24, 2.45) is 0 Å². The molecule has 1 aliphatic heterocycles. The predicted molar refractivity (Wildman–Crippen MR) is 45.5 cm³/mol. The summed E-state index contributed by atoms with van der Waals surface area (Å²) in [6.07, 6.45) is 7.56. The summed E-state index contributed by atoms with van der Waals surface area (Å²) in [6, 6.07) is 0. The van der Waals surface area contributed by atoms with Crippen LogP contribution < -0.4 is 0 Å². The van der Waals surface area contributed by atoms with Gasteiger partial charge in [0.25, 0.3) is 0 Å². The van der Waals surface area contributed by atoms with Crippen LogP contribution in [-0.4, -0.2) is 0 Å². The molecular formula is C9H12O2. The molecule has 2 nitrogen and oxygen atoms in total. The zero-order valence-corrected chi connectivity index (χ0v) is 6.62. The lowest BCUT2D eigenvalue weighted by molar-refractivity contribution is 0.290. The smallest absolute Gasteiger partial charge is 0.125 e. The summed E-state index contributed by atoms with van der Waals surface area (Å²) < 4.78 is 9.17. The van der Waals surface area contributed by atoms with Gasteiger partial charge in [-0.3, -0.25) is 0 Å². The van der Waals surface area contributed by atoms with Gasteiger partial charge in [0.1, 0.15) is 25.0 Å². The van der Waals surface area contributed by atoms with Crippen LogP contribution in [0.15, 0.2) is 49.9 Å². The van der Waals surface area contributed by atoms with Crippen LogP contribution in [0.2, 0.25) is 0 Å². The van der Waals surface area contributed by atoms with E-state index in [1.807, 2.05) is 6.92 Å². The second kappa shape index (κ2) is 6.68. The molecule has 11 heavy (non-hydrogen) atoms. The van der Waals surface area contributed by atoms with Crippen molar-refractivity contribution < 1.29 is 9.47 Å². The summed E-state index contributed by atoms with van der Waals surface area (Å²) in [7, 11) is 0. The largest absolute Gasteiger partial charge is 0.466 e. The fourth-order valence-electron chi connectivity index (χ4n) is 0.219. The van der Waals surface area contributed by atoms with Gasteiger partial charge >= 0.3 is 0 Å². The molecule has 0 aromatic carbocycles. The molecule has 1 rings (SSSR count). The summed E-state index contributed by atoms with van der Waals surface area (Å²) in [5, 5.41) is 0. The van der Waals surface area contributed by atoms with Crippen molar-refractivity contribution in [2.75, 3.05) is 0 Å². The summed E-state index contributed by atoms with van der Waals surface area (Å²) in [6.45, 7) is 8.93. The molecule has 0 aromatic rings. The molecule has 0 saturated heterocycles. The average Bonchev–Trinajstić information content (AvgIpc) is 2.09. The highest BCUT2D eigenvalue weighted by Crippen LogP contribution is 1.89. The lowest BCUT2D eigenvalue weighted by Crippen LogP contribution is -1.74. The summed E-state index contributed by atoms with van der Waals surface area (Å²) in [5.41, 5.74) is 1.02. The minimum Gasteiger partial charge on any atom is -0.466 e. The first kappa shape index (κ1) is 9.56. The standard InChI is InChI=1S/C5H8.C4H4O2/c1-4-5(2)3;1-2-6-4-3-5-1/h4H,1-2H2,3H3;1-4H. The zero-order chi connectivity index (χ0) is 8.53. The topological polar surface area (TPSA) is 18.5 Å². The lowest BCUT2D eigenvalue weighted by atomic mass is 10.4. The molecule has 2 heteroatoms. The quantitative estimate of drug-likeness (QED) is 0.538. The molecule has 0 N–H and O–H groups in total. The molecule has 0 fully saturated rings. The molecular weight excluding hydrogens is 140 g/mol. The Kier molecular flexibility index (Phi) is 5.80. The maximum absolute atomic E-state index is 4.58. The normalized spacial score (nSPS) is 11.7. The van der Waals surface area contributed by atoms with Crippen LogP contribution >= 0.6 is 0 Å². The fourth-order valence-corrected chi connectivity index (χ4v) is 0.219. The fraction of sp³-hybridized carbons (Fsp3) is 0.111. The third-order valence-electron chi connectivity index (χ3n) is 0.774. The van der Waals surface area contributed by atoms with E-state index in [1.54, 1.807) is 6.08 Å². The SMILES string of the molecule is C1=COC=CO1.C=CC(=C)C. The molecule has 60 valence electrons. The van der Waals surface area contributed by atoms with Crippen LogP contribution in [0.25, 0.3) is 0 Å². The highest BCUT2D eigenvalue weighted by Gasteiger charge is 1.74. The molecule has 0 aromatic heterocycles. The molecule has 0 saturated carbocycles. The monoisotopic (exact) mass is 152 g/mol. The van der Waals surface area contributed by atoms with Gasteiger partial charge in [0, 0.05) is 0 Å². The third kappa shape index (κ3) is 8.56. The Bertz CT molecular complexity index is 158. The van der Waals surface area contributed by atoms with Crippen molar-refractivity contribution >= 4 is 0 Å². The number of hydrogen-bond acceptors (Lipinski definition) is 2. The van der Waals surface area contributed by atoms with Crippen LogP contribution in [0.4, 0.5) is 0 Å². The minimum absolute atomic E-state index is 1.02. The predicted octanol–water partition coefficient (Wildman–Crippen LogP) is 2.72. The van der Waals surface area contributed by atoms with E-state index >= 15 is 0 Å². The second-order valence-electron chi connectivity index (χ2n) is 1.87. The van der Waals surface area contributed by atoms with Gasteiger partial charge < -0.3 is 9.47 Å². The Morgan fingerprint density at radius 1 is 1.18 bits per heavy atom. The minimum atomic E-state index is 1.02. The summed E-state index contributed by atoms with van der Waals surface area (Å²) in [5.74, 6) is 0. The molecule has 0 amide bonds. The Hall–Kier alpha value is -1.44. The maximum Gasteiger partial charge on any atom is 0.125 e. The Morgan fingerprint density at radius 2 is 1.45 bits per heavy atom. The Morgan fingerprint density at radius 3 is 1.55 bits per heavy atom. The van der Waals surface area contributed by atoms with E-state index in [0.717, 1.165) is 5.57 Å². The van der Waals surface area contributed by atoms with Crippen molar-refractivity contribution in [1.82, 2.24) is 0 Å². The van der Waals surface area contributed by atoms with E-state index in [4.69, 9.17) is 0 Å². The molecule has 0 spiro atoms. The molecule has 0 atom stereocenters. The molecule has 1 heterocycles. The molecule has 1 aliphatic rings. The van der Waals surface area contributed by atoms with Crippen LogP contribution in [0.3, 0.4) is 0 Å². The van der Waals surface area contributed by atoms with Gasteiger partial charge in [0.2, 0.25) is 0 Å². The van der Waals surface area contributed by atoms with E-state index < -0.39 is 0 Å². The molecule has 0 aliphatic carbocycles. The van der Waals surface area contributed by atoms with Crippen molar-refractivity contribution in [2.45, 2.75) is 6.92 Å². The zero-order valence-electron chi connectivity index (χ0n) is 6.62. The summed E-state index contributed by atoms with van der Waals surface area (Å²) in [4.78, 5) is 0. The van der Waals surface area contributed by atoms with Gasteiger partial charge in [0.15, 0.2) is 0 Å². The van der Waals surface area contributed by atoms with E-state index in [1.165, 1.54) is 25.0 Å². The number of rotatable bonds is 1. The van der Waals surface area contributed by atoms with Crippen molar-refractivity contribution in [1.29, 1.82) is 0 Å². The van der Waals surface area contributed by atoms with Gasteiger partial charge in [-0.25, -0.2) is 0 Å².